The minimum atomic E-state index is 0.647. The van der Waals surface area contributed by atoms with Crippen LogP contribution in [0.25, 0.3) is 22.2 Å². The number of rotatable bonds is 6. The molecule has 1 aromatic carbocycles. The van der Waals surface area contributed by atoms with E-state index in [9.17, 15) is 0 Å². The van der Waals surface area contributed by atoms with Gasteiger partial charge in [-0.3, -0.25) is 0 Å². The van der Waals surface area contributed by atoms with E-state index < -0.39 is 0 Å². The minimum Gasteiger partial charge on any atom is -0.493 e. The van der Waals surface area contributed by atoms with Crippen LogP contribution in [0.15, 0.2) is 35.0 Å². The molecule has 1 N–H and O–H groups in total. The normalized spacial score (nSPS) is 13.4. The summed E-state index contributed by atoms with van der Waals surface area (Å²) in [4.78, 5) is 13.6. The fraction of sp³-hybridized carbons (Fsp3) is 0.348. The maximum absolute atomic E-state index is 6.08. The van der Waals surface area contributed by atoms with Crippen molar-refractivity contribution in [1.82, 2.24) is 15.0 Å². The van der Waals surface area contributed by atoms with Gasteiger partial charge in [0.25, 0.3) is 0 Å². The second-order valence-corrected chi connectivity index (χ2v) is 7.52. The van der Waals surface area contributed by atoms with Crippen molar-refractivity contribution in [3.63, 3.8) is 0 Å². The lowest BCUT2D eigenvalue weighted by molar-refractivity contribution is 0.354. The van der Waals surface area contributed by atoms with Gasteiger partial charge in [0.1, 0.15) is 11.8 Å². The maximum Gasteiger partial charge on any atom is 0.229 e. The van der Waals surface area contributed by atoms with Crippen LogP contribution in [0.4, 0.5) is 5.82 Å². The summed E-state index contributed by atoms with van der Waals surface area (Å²) in [5, 5.41) is 4.36. The van der Waals surface area contributed by atoms with E-state index in [4.69, 9.17) is 18.9 Å². The molecule has 3 aromatic heterocycles. The molecule has 1 aliphatic carbocycles. The van der Waals surface area contributed by atoms with E-state index in [2.05, 4.69) is 21.4 Å². The molecule has 7 nitrogen and oxygen atoms in total. The first kappa shape index (κ1) is 18.7. The monoisotopic (exact) mass is 404 g/mol. The molecule has 0 fully saturated rings. The highest BCUT2D eigenvalue weighted by Gasteiger charge is 2.18. The zero-order valence-electron chi connectivity index (χ0n) is 17.2. The molecule has 0 aliphatic heterocycles. The molecule has 0 atom stereocenters. The zero-order valence-corrected chi connectivity index (χ0v) is 17.2. The van der Waals surface area contributed by atoms with Gasteiger partial charge >= 0.3 is 0 Å². The predicted octanol–water partition coefficient (Wildman–Crippen LogP) is 4.32. The smallest absolute Gasteiger partial charge is 0.229 e. The second-order valence-electron chi connectivity index (χ2n) is 7.52. The van der Waals surface area contributed by atoms with Crippen molar-refractivity contribution in [1.29, 1.82) is 0 Å². The first-order chi connectivity index (χ1) is 14.8. The fourth-order valence-corrected chi connectivity index (χ4v) is 4.11. The van der Waals surface area contributed by atoms with Crippen LogP contribution in [0.1, 0.15) is 29.7 Å². The first-order valence-corrected chi connectivity index (χ1v) is 10.3. The molecule has 0 saturated heterocycles. The third-order valence-electron chi connectivity index (χ3n) is 5.68. The van der Waals surface area contributed by atoms with Crippen LogP contribution in [-0.4, -0.2) is 35.7 Å². The van der Waals surface area contributed by atoms with E-state index in [1.165, 1.54) is 18.4 Å². The van der Waals surface area contributed by atoms with Crippen molar-refractivity contribution in [2.45, 2.75) is 32.1 Å². The summed E-state index contributed by atoms with van der Waals surface area (Å²) in [6.07, 6.45) is 6.88. The number of benzene rings is 1. The zero-order chi connectivity index (χ0) is 20.5. The number of nitrogens with one attached hydrogen (secondary N) is 1. The molecule has 0 saturated carbocycles. The number of hydrogen-bond donors (Lipinski definition) is 1. The summed E-state index contributed by atoms with van der Waals surface area (Å²) in [6.45, 7) is 0.697. The Morgan fingerprint density at radius 2 is 1.90 bits per heavy atom. The summed E-state index contributed by atoms with van der Waals surface area (Å²) >= 11 is 0. The Bertz CT molecular complexity index is 1220. The molecule has 0 radical (unpaired) electrons. The SMILES string of the molecule is COc1ccc(CCNc2ncnc3c2oc2nc4c(cc23)CCCC4)cc1OC. The lowest BCUT2D eigenvalue weighted by Gasteiger charge is -2.13. The number of methoxy groups -OCH3 is 2. The van der Waals surface area contributed by atoms with Crippen molar-refractivity contribution < 1.29 is 13.9 Å². The van der Waals surface area contributed by atoms with E-state index in [1.807, 2.05) is 18.2 Å². The molecule has 0 unspecified atom stereocenters. The van der Waals surface area contributed by atoms with Crippen LogP contribution in [0.2, 0.25) is 0 Å². The van der Waals surface area contributed by atoms with E-state index in [0.717, 1.165) is 52.9 Å². The van der Waals surface area contributed by atoms with Crippen LogP contribution >= 0.6 is 0 Å². The highest BCUT2D eigenvalue weighted by molar-refractivity contribution is 6.04. The average Bonchev–Trinajstić information content (AvgIpc) is 3.15. The predicted molar refractivity (Wildman–Crippen MR) is 115 cm³/mol. The lowest BCUT2D eigenvalue weighted by atomic mass is 9.95. The van der Waals surface area contributed by atoms with Gasteiger partial charge in [-0.05, 0) is 61.4 Å². The highest BCUT2D eigenvalue weighted by Crippen LogP contribution is 2.33. The lowest BCUT2D eigenvalue weighted by Crippen LogP contribution is -2.07. The standard InChI is InChI=1S/C23H24N4O3/c1-28-18-8-7-14(11-19(18)29-2)9-10-24-22-21-20(25-13-26-22)16-12-15-5-3-4-6-17(15)27-23(16)30-21/h7-8,11-13H,3-6,9-10H2,1-2H3,(H,24,25,26). The van der Waals surface area contributed by atoms with Crippen molar-refractivity contribution in [3.05, 3.63) is 47.4 Å². The Morgan fingerprint density at radius 1 is 1.03 bits per heavy atom. The fourth-order valence-electron chi connectivity index (χ4n) is 4.11. The highest BCUT2D eigenvalue weighted by atomic mass is 16.5. The summed E-state index contributed by atoms with van der Waals surface area (Å²) in [6, 6.07) is 8.15. The van der Waals surface area contributed by atoms with Crippen molar-refractivity contribution in [2.24, 2.45) is 0 Å². The molecule has 1 aliphatic rings. The van der Waals surface area contributed by atoms with Gasteiger partial charge in [0.15, 0.2) is 22.9 Å². The molecule has 0 amide bonds. The molecule has 0 bridgehead atoms. The van der Waals surface area contributed by atoms with Crippen LogP contribution in [0, 0.1) is 0 Å². The maximum atomic E-state index is 6.08. The van der Waals surface area contributed by atoms with Gasteiger partial charge in [0, 0.05) is 12.2 Å². The number of pyridine rings is 1. The number of aryl methyl sites for hydroxylation is 2. The topological polar surface area (TPSA) is 82.3 Å². The van der Waals surface area contributed by atoms with Gasteiger partial charge in [-0.15, -0.1) is 0 Å². The Labute approximate surface area is 174 Å². The van der Waals surface area contributed by atoms with Crippen molar-refractivity contribution >= 4 is 28.0 Å². The average molecular weight is 404 g/mol. The first-order valence-electron chi connectivity index (χ1n) is 10.3. The van der Waals surface area contributed by atoms with Gasteiger partial charge in [-0.2, -0.15) is 0 Å². The second kappa shape index (κ2) is 7.82. The van der Waals surface area contributed by atoms with Gasteiger partial charge in [0.2, 0.25) is 5.71 Å². The van der Waals surface area contributed by atoms with Crippen molar-refractivity contribution in [3.8, 4) is 11.5 Å². The number of fused-ring (bicyclic) bond motifs is 4. The third kappa shape index (κ3) is 3.30. The number of furan rings is 1. The quantitative estimate of drug-likeness (QED) is 0.512. The molecule has 30 heavy (non-hydrogen) atoms. The minimum absolute atomic E-state index is 0.647. The third-order valence-corrected chi connectivity index (χ3v) is 5.68. The number of ether oxygens (including phenoxy) is 2. The summed E-state index contributed by atoms with van der Waals surface area (Å²) in [7, 11) is 3.28. The number of nitrogens with zero attached hydrogens (tertiary/aromatic N) is 3. The van der Waals surface area contributed by atoms with Crippen molar-refractivity contribution in [2.75, 3.05) is 26.1 Å². The Morgan fingerprint density at radius 3 is 2.77 bits per heavy atom. The largest absolute Gasteiger partial charge is 0.493 e. The number of hydrogen-bond acceptors (Lipinski definition) is 7. The molecule has 7 heteroatoms. The van der Waals surface area contributed by atoms with Gasteiger partial charge in [-0.1, -0.05) is 6.07 Å². The summed E-state index contributed by atoms with van der Waals surface area (Å²) in [5.74, 6) is 2.15. The molecule has 3 heterocycles. The Balaban J connectivity index is 1.39. The molecule has 154 valence electrons. The van der Waals surface area contributed by atoms with Crippen LogP contribution < -0.4 is 14.8 Å². The van der Waals surface area contributed by atoms with Crippen LogP contribution in [0.5, 0.6) is 11.5 Å². The Hall–Kier alpha value is -3.35. The molecule has 5 rings (SSSR count). The number of anilines is 1. The summed E-state index contributed by atoms with van der Waals surface area (Å²) in [5.41, 5.74) is 5.74. The van der Waals surface area contributed by atoms with E-state index >= 15 is 0 Å². The van der Waals surface area contributed by atoms with E-state index in [1.54, 1.807) is 20.5 Å². The van der Waals surface area contributed by atoms with E-state index in [-0.39, 0.29) is 0 Å². The van der Waals surface area contributed by atoms with Crippen LogP contribution in [-0.2, 0) is 19.3 Å². The van der Waals surface area contributed by atoms with E-state index in [0.29, 0.717) is 23.7 Å². The van der Waals surface area contributed by atoms with Gasteiger partial charge < -0.3 is 19.2 Å². The van der Waals surface area contributed by atoms with Crippen LogP contribution in [0.3, 0.4) is 0 Å². The molecule has 4 aromatic rings. The molecule has 0 spiro atoms. The van der Waals surface area contributed by atoms with Gasteiger partial charge in [-0.25, -0.2) is 15.0 Å². The van der Waals surface area contributed by atoms with Gasteiger partial charge in [0.05, 0.1) is 19.6 Å². The molecular weight excluding hydrogens is 380 g/mol. The molecular formula is C23H24N4O3. The number of aromatic nitrogens is 3. The summed E-state index contributed by atoms with van der Waals surface area (Å²) < 4.78 is 16.8. The Kier molecular flexibility index (Phi) is 4.86.